The minimum atomic E-state index is -1.06. The highest BCUT2D eigenvalue weighted by Crippen LogP contribution is 2.48. The van der Waals surface area contributed by atoms with Crippen LogP contribution in [0, 0.1) is 5.92 Å². The standard InChI is InChI=1S/C18H23NO3S/c1-11(2)12-3-5-13(6-4-12)14-9-15(14)16(20)19-18(17(21)22)7-8-23-10-18/h3-6,11,14-15H,7-10H2,1-2H3,(H,19,20)(H,21,22). The van der Waals surface area contributed by atoms with Gasteiger partial charge in [0.2, 0.25) is 5.91 Å². The molecule has 1 saturated carbocycles. The molecule has 0 aromatic heterocycles. The Bertz CT molecular complexity index is 605. The summed E-state index contributed by atoms with van der Waals surface area (Å²) >= 11 is 1.59. The van der Waals surface area contributed by atoms with Crippen molar-refractivity contribution < 1.29 is 14.7 Å². The molecule has 3 rings (SSSR count). The summed E-state index contributed by atoms with van der Waals surface area (Å²) in [6.45, 7) is 4.32. The molecule has 5 heteroatoms. The Hall–Kier alpha value is -1.49. The number of nitrogens with one attached hydrogen (secondary N) is 1. The van der Waals surface area contributed by atoms with Gasteiger partial charge in [0.15, 0.2) is 0 Å². The van der Waals surface area contributed by atoms with E-state index in [4.69, 9.17) is 0 Å². The van der Waals surface area contributed by atoms with Crippen molar-refractivity contribution >= 4 is 23.6 Å². The van der Waals surface area contributed by atoms with Crippen LogP contribution in [-0.2, 0) is 9.59 Å². The zero-order valence-corrected chi connectivity index (χ0v) is 14.4. The summed E-state index contributed by atoms with van der Waals surface area (Å²) in [5.41, 5.74) is 1.42. The van der Waals surface area contributed by atoms with Gasteiger partial charge in [-0.3, -0.25) is 4.79 Å². The molecule has 1 aliphatic heterocycles. The molecule has 1 aromatic rings. The molecular formula is C18H23NO3S. The van der Waals surface area contributed by atoms with Crippen molar-refractivity contribution in [1.82, 2.24) is 5.32 Å². The molecule has 1 aromatic carbocycles. The highest BCUT2D eigenvalue weighted by molar-refractivity contribution is 7.99. The van der Waals surface area contributed by atoms with Crippen LogP contribution in [0.3, 0.4) is 0 Å². The Labute approximate surface area is 141 Å². The fourth-order valence-corrected chi connectivity index (χ4v) is 4.52. The third-order valence-electron chi connectivity index (χ3n) is 4.95. The van der Waals surface area contributed by atoms with E-state index >= 15 is 0 Å². The number of hydrogen-bond donors (Lipinski definition) is 2. The molecule has 2 aliphatic rings. The maximum absolute atomic E-state index is 12.4. The Morgan fingerprint density at radius 1 is 1.30 bits per heavy atom. The van der Waals surface area contributed by atoms with Crippen LogP contribution in [0.2, 0.25) is 0 Å². The molecule has 2 fully saturated rings. The van der Waals surface area contributed by atoms with Gasteiger partial charge in [0, 0.05) is 11.7 Å². The molecule has 2 N–H and O–H groups in total. The topological polar surface area (TPSA) is 66.4 Å². The van der Waals surface area contributed by atoms with Gasteiger partial charge in [0.05, 0.1) is 0 Å². The number of aliphatic carboxylic acids is 1. The van der Waals surface area contributed by atoms with Crippen molar-refractivity contribution in [2.45, 2.75) is 44.1 Å². The lowest BCUT2D eigenvalue weighted by Gasteiger charge is -2.24. The second-order valence-electron chi connectivity index (χ2n) is 6.95. The first-order valence-corrected chi connectivity index (χ1v) is 9.31. The molecule has 3 atom stereocenters. The minimum absolute atomic E-state index is 0.0817. The van der Waals surface area contributed by atoms with Gasteiger partial charge in [-0.2, -0.15) is 11.8 Å². The number of carboxylic acids is 1. The first-order chi connectivity index (χ1) is 10.9. The van der Waals surface area contributed by atoms with E-state index in [0.29, 0.717) is 18.1 Å². The van der Waals surface area contributed by atoms with Crippen LogP contribution < -0.4 is 5.32 Å². The monoisotopic (exact) mass is 333 g/mol. The number of carboxylic acid groups (broad SMARTS) is 1. The zero-order chi connectivity index (χ0) is 16.6. The SMILES string of the molecule is CC(C)c1ccc(C2CC2C(=O)NC2(C(=O)O)CCSC2)cc1. The molecule has 1 heterocycles. The van der Waals surface area contributed by atoms with E-state index in [2.05, 4.69) is 43.4 Å². The number of hydrogen-bond acceptors (Lipinski definition) is 3. The molecule has 1 amide bonds. The maximum Gasteiger partial charge on any atom is 0.330 e. The minimum Gasteiger partial charge on any atom is -0.479 e. The van der Waals surface area contributed by atoms with Crippen LogP contribution in [-0.4, -0.2) is 34.0 Å². The lowest BCUT2D eigenvalue weighted by atomic mass is 9.98. The highest BCUT2D eigenvalue weighted by Gasteiger charge is 2.49. The van der Waals surface area contributed by atoms with E-state index in [1.807, 2.05) is 0 Å². The molecule has 0 radical (unpaired) electrons. The highest BCUT2D eigenvalue weighted by atomic mass is 32.2. The third kappa shape index (κ3) is 3.25. The van der Waals surface area contributed by atoms with Crippen molar-refractivity contribution in [2.24, 2.45) is 5.92 Å². The van der Waals surface area contributed by atoms with Crippen LogP contribution in [0.4, 0.5) is 0 Å². The van der Waals surface area contributed by atoms with Gasteiger partial charge in [-0.15, -0.1) is 0 Å². The summed E-state index contributed by atoms with van der Waals surface area (Å²) < 4.78 is 0. The quantitative estimate of drug-likeness (QED) is 0.869. The number of thioether (sulfide) groups is 1. The summed E-state index contributed by atoms with van der Waals surface area (Å²) in [5, 5.41) is 12.3. The van der Waals surface area contributed by atoms with Crippen molar-refractivity contribution in [1.29, 1.82) is 0 Å². The van der Waals surface area contributed by atoms with Crippen molar-refractivity contribution in [2.75, 3.05) is 11.5 Å². The lowest BCUT2D eigenvalue weighted by Crippen LogP contribution is -2.55. The van der Waals surface area contributed by atoms with Gasteiger partial charge in [0.25, 0.3) is 0 Å². The molecule has 23 heavy (non-hydrogen) atoms. The fourth-order valence-electron chi connectivity index (χ4n) is 3.20. The molecule has 1 aliphatic carbocycles. The van der Waals surface area contributed by atoms with Gasteiger partial charge in [0.1, 0.15) is 5.54 Å². The molecule has 4 nitrogen and oxygen atoms in total. The van der Waals surface area contributed by atoms with E-state index < -0.39 is 11.5 Å². The van der Waals surface area contributed by atoms with E-state index in [9.17, 15) is 14.7 Å². The van der Waals surface area contributed by atoms with E-state index in [1.54, 1.807) is 11.8 Å². The molecule has 124 valence electrons. The molecule has 0 spiro atoms. The van der Waals surface area contributed by atoms with Crippen LogP contribution >= 0.6 is 11.8 Å². The summed E-state index contributed by atoms with van der Waals surface area (Å²) in [7, 11) is 0. The van der Waals surface area contributed by atoms with Crippen LogP contribution in [0.5, 0.6) is 0 Å². The van der Waals surface area contributed by atoms with Gasteiger partial charge >= 0.3 is 5.97 Å². The molecular weight excluding hydrogens is 310 g/mol. The summed E-state index contributed by atoms with van der Waals surface area (Å²) in [4.78, 5) is 24.0. The molecule has 3 unspecified atom stereocenters. The largest absolute Gasteiger partial charge is 0.479 e. The smallest absolute Gasteiger partial charge is 0.330 e. The van der Waals surface area contributed by atoms with Crippen LogP contribution in [0.25, 0.3) is 0 Å². The van der Waals surface area contributed by atoms with Crippen molar-refractivity contribution in [3.05, 3.63) is 35.4 Å². The number of carbonyl (C=O) groups excluding carboxylic acids is 1. The average molecular weight is 333 g/mol. The van der Waals surface area contributed by atoms with E-state index in [1.165, 1.54) is 11.1 Å². The first kappa shape index (κ1) is 16.4. The normalized spacial score (nSPS) is 29.5. The predicted octanol–water partition coefficient (Wildman–Crippen LogP) is 2.99. The van der Waals surface area contributed by atoms with Gasteiger partial charge in [-0.1, -0.05) is 38.1 Å². The number of rotatable bonds is 5. The first-order valence-electron chi connectivity index (χ1n) is 8.16. The Balaban J connectivity index is 1.63. The third-order valence-corrected chi connectivity index (χ3v) is 6.14. The van der Waals surface area contributed by atoms with Crippen LogP contribution in [0.1, 0.15) is 49.7 Å². The second kappa shape index (κ2) is 6.19. The Morgan fingerprint density at radius 3 is 2.52 bits per heavy atom. The predicted molar refractivity (Wildman–Crippen MR) is 91.8 cm³/mol. The lowest BCUT2D eigenvalue weighted by molar-refractivity contribution is -0.146. The number of carbonyl (C=O) groups is 2. The average Bonchev–Trinajstić information content (AvgIpc) is 3.19. The van der Waals surface area contributed by atoms with Crippen molar-refractivity contribution in [3.8, 4) is 0 Å². The summed E-state index contributed by atoms with van der Waals surface area (Å²) in [6, 6.07) is 8.45. The van der Waals surface area contributed by atoms with E-state index in [-0.39, 0.29) is 17.7 Å². The summed E-state index contributed by atoms with van der Waals surface area (Å²) in [5.74, 6) is 0.893. The van der Waals surface area contributed by atoms with Gasteiger partial charge in [-0.25, -0.2) is 4.79 Å². The van der Waals surface area contributed by atoms with Gasteiger partial charge < -0.3 is 10.4 Å². The fraction of sp³-hybridized carbons (Fsp3) is 0.556. The Kier molecular flexibility index (Phi) is 4.41. The van der Waals surface area contributed by atoms with Crippen molar-refractivity contribution in [3.63, 3.8) is 0 Å². The zero-order valence-electron chi connectivity index (χ0n) is 13.5. The van der Waals surface area contributed by atoms with Gasteiger partial charge in [-0.05, 0) is 41.6 Å². The summed E-state index contributed by atoms with van der Waals surface area (Å²) in [6.07, 6.45) is 1.33. The van der Waals surface area contributed by atoms with Crippen LogP contribution in [0.15, 0.2) is 24.3 Å². The second-order valence-corrected chi connectivity index (χ2v) is 8.05. The van der Waals surface area contributed by atoms with E-state index in [0.717, 1.165) is 12.2 Å². The maximum atomic E-state index is 12.4. The molecule has 1 saturated heterocycles. The molecule has 0 bridgehead atoms. The number of benzene rings is 1. The number of amides is 1. The Morgan fingerprint density at radius 2 is 2.00 bits per heavy atom.